The summed E-state index contributed by atoms with van der Waals surface area (Å²) in [5.74, 6) is 0. The van der Waals surface area contributed by atoms with Crippen molar-refractivity contribution in [2.24, 2.45) is 12.8 Å². The molecule has 0 atom stereocenters. The van der Waals surface area contributed by atoms with Crippen molar-refractivity contribution in [2.45, 2.75) is 24.9 Å². The van der Waals surface area contributed by atoms with Crippen molar-refractivity contribution < 1.29 is 8.42 Å². The van der Waals surface area contributed by atoms with E-state index in [0.29, 0.717) is 13.1 Å². The molecule has 1 rings (SSSR count). The van der Waals surface area contributed by atoms with E-state index in [1.165, 1.54) is 16.8 Å². The Morgan fingerprint density at radius 1 is 1.56 bits per heavy atom. The Morgan fingerprint density at radius 3 is 2.56 bits per heavy atom. The molecule has 0 fully saturated rings. The highest BCUT2D eigenvalue weighted by Gasteiger charge is 2.28. The number of hydrogen-bond donors (Lipinski definition) is 1. The summed E-state index contributed by atoms with van der Waals surface area (Å²) >= 11 is 0. The van der Waals surface area contributed by atoms with Gasteiger partial charge in [0.1, 0.15) is 0 Å². The molecule has 1 aromatic heterocycles. The second kappa shape index (κ2) is 4.94. The average Bonchev–Trinajstić information content (AvgIpc) is 2.61. The monoisotopic (exact) mass is 246 g/mol. The van der Waals surface area contributed by atoms with Crippen LogP contribution in [0.5, 0.6) is 0 Å². The first-order valence-electron chi connectivity index (χ1n) is 5.09. The largest absolute Gasteiger partial charge is 0.339 e. The molecule has 2 N–H and O–H groups in total. The van der Waals surface area contributed by atoms with Crippen LogP contribution in [0.3, 0.4) is 0 Å². The molecule has 0 unspecified atom stereocenters. The number of hydrogen-bond acceptors (Lipinski definition) is 4. The molecule has 7 heteroatoms. The van der Waals surface area contributed by atoms with E-state index in [0.717, 1.165) is 0 Å². The molecule has 1 aromatic rings. The molecule has 0 amide bonds. The van der Waals surface area contributed by atoms with Crippen LogP contribution in [0.25, 0.3) is 0 Å². The number of sulfonamides is 1. The fourth-order valence-electron chi connectivity index (χ4n) is 1.43. The predicted octanol–water partition coefficient (Wildman–Crippen LogP) is -0.222. The normalized spacial score (nSPS) is 12.6. The Labute approximate surface area is 96.1 Å². The van der Waals surface area contributed by atoms with Gasteiger partial charge in [0.05, 0.1) is 6.33 Å². The Morgan fingerprint density at radius 2 is 2.19 bits per heavy atom. The van der Waals surface area contributed by atoms with Crippen LogP contribution in [0.4, 0.5) is 0 Å². The predicted molar refractivity (Wildman–Crippen MR) is 61.3 cm³/mol. The standard InChI is InChI=1S/C9H18N4O2S/c1-8(2)13(5-4-10)16(14,15)9-6-12(3)7-11-9/h6-8H,4-5,10H2,1-3H3. The van der Waals surface area contributed by atoms with Crippen molar-refractivity contribution >= 4 is 10.0 Å². The van der Waals surface area contributed by atoms with Gasteiger partial charge in [0.2, 0.25) is 0 Å². The van der Waals surface area contributed by atoms with Crippen LogP contribution in [0.1, 0.15) is 13.8 Å². The minimum Gasteiger partial charge on any atom is -0.339 e. The van der Waals surface area contributed by atoms with E-state index in [1.807, 2.05) is 13.8 Å². The van der Waals surface area contributed by atoms with Gasteiger partial charge in [-0.15, -0.1) is 0 Å². The Kier molecular flexibility index (Phi) is 4.06. The molecular weight excluding hydrogens is 228 g/mol. The Hall–Kier alpha value is -0.920. The third-order valence-electron chi connectivity index (χ3n) is 2.18. The van der Waals surface area contributed by atoms with Gasteiger partial charge in [0.25, 0.3) is 10.0 Å². The molecule has 0 bridgehead atoms. The highest BCUT2D eigenvalue weighted by atomic mass is 32.2. The van der Waals surface area contributed by atoms with E-state index < -0.39 is 10.0 Å². The fraction of sp³-hybridized carbons (Fsp3) is 0.667. The van der Waals surface area contributed by atoms with Crippen molar-refractivity contribution in [2.75, 3.05) is 13.1 Å². The highest BCUT2D eigenvalue weighted by Crippen LogP contribution is 2.15. The molecule has 0 saturated heterocycles. The zero-order chi connectivity index (χ0) is 12.3. The number of aryl methyl sites for hydroxylation is 1. The zero-order valence-electron chi connectivity index (χ0n) is 9.79. The lowest BCUT2D eigenvalue weighted by Crippen LogP contribution is -2.40. The molecule has 92 valence electrons. The molecule has 1 heterocycles. The number of aromatic nitrogens is 2. The maximum absolute atomic E-state index is 12.2. The summed E-state index contributed by atoms with van der Waals surface area (Å²) in [5, 5.41) is 0.0668. The first-order chi connectivity index (χ1) is 7.39. The van der Waals surface area contributed by atoms with E-state index in [1.54, 1.807) is 11.6 Å². The van der Waals surface area contributed by atoms with E-state index in [2.05, 4.69) is 4.98 Å². The molecule has 0 spiro atoms. The summed E-state index contributed by atoms with van der Waals surface area (Å²) < 4.78 is 27.3. The minimum atomic E-state index is -3.52. The van der Waals surface area contributed by atoms with Crippen molar-refractivity contribution in [3.8, 4) is 0 Å². The summed E-state index contributed by atoms with van der Waals surface area (Å²) in [4.78, 5) is 3.87. The summed E-state index contributed by atoms with van der Waals surface area (Å²) in [5.41, 5.74) is 5.42. The summed E-state index contributed by atoms with van der Waals surface area (Å²) in [7, 11) is -1.79. The number of nitrogens with two attached hydrogens (primary N) is 1. The van der Waals surface area contributed by atoms with Gasteiger partial charge in [-0.2, -0.15) is 4.31 Å². The quantitative estimate of drug-likeness (QED) is 0.778. The molecule has 0 saturated carbocycles. The van der Waals surface area contributed by atoms with E-state index >= 15 is 0 Å². The topological polar surface area (TPSA) is 81.2 Å². The van der Waals surface area contributed by atoms with Crippen molar-refractivity contribution in [1.29, 1.82) is 0 Å². The van der Waals surface area contributed by atoms with Crippen molar-refractivity contribution in [3.63, 3.8) is 0 Å². The van der Waals surface area contributed by atoms with Crippen LogP contribution in [0.15, 0.2) is 17.6 Å². The van der Waals surface area contributed by atoms with Gasteiger partial charge < -0.3 is 10.3 Å². The molecule has 6 nitrogen and oxygen atoms in total. The van der Waals surface area contributed by atoms with Gasteiger partial charge in [0.15, 0.2) is 5.03 Å². The van der Waals surface area contributed by atoms with Gasteiger partial charge in [-0.05, 0) is 13.8 Å². The maximum Gasteiger partial charge on any atom is 0.262 e. The third kappa shape index (κ3) is 2.60. The van der Waals surface area contributed by atoms with Gasteiger partial charge >= 0.3 is 0 Å². The second-order valence-corrected chi connectivity index (χ2v) is 5.71. The van der Waals surface area contributed by atoms with E-state index in [4.69, 9.17) is 5.73 Å². The van der Waals surface area contributed by atoms with Crippen LogP contribution in [-0.2, 0) is 17.1 Å². The molecule has 16 heavy (non-hydrogen) atoms. The van der Waals surface area contributed by atoms with Crippen LogP contribution in [-0.4, -0.2) is 41.4 Å². The first kappa shape index (κ1) is 13.1. The lowest BCUT2D eigenvalue weighted by Gasteiger charge is -2.23. The van der Waals surface area contributed by atoms with Crippen molar-refractivity contribution in [1.82, 2.24) is 13.9 Å². The molecule has 0 radical (unpaired) electrons. The number of imidazole rings is 1. The lowest BCUT2D eigenvalue weighted by molar-refractivity contribution is 0.360. The summed E-state index contributed by atoms with van der Waals surface area (Å²) in [6.07, 6.45) is 2.95. The van der Waals surface area contributed by atoms with Gasteiger partial charge in [0, 0.05) is 32.4 Å². The highest BCUT2D eigenvalue weighted by molar-refractivity contribution is 7.89. The summed E-state index contributed by atoms with van der Waals surface area (Å²) in [6, 6.07) is -0.129. The third-order valence-corrected chi connectivity index (χ3v) is 4.14. The average molecular weight is 246 g/mol. The fourth-order valence-corrected chi connectivity index (χ4v) is 3.05. The van der Waals surface area contributed by atoms with Gasteiger partial charge in [-0.3, -0.25) is 0 Å². The van der Waals surface area contributed by atoms with E-state index in [-0.39, 0.29) is 11.1 Å². The van der Waals surface area contributed by atoms with Gasteiger partial charge in [-0.1, -0.05) is 0 Å². The molecule has 0 aliphatic carbocycles. The number of nitrogens with zero attached hydrogens (tertiary/aromatic N) is 3. The summed E-state index contributed by atoms with van der Waals surface area (Å²) in [6.45, 7) is 4.23. The molecule has 0 aromatic carbocycles. The smallest absolute Gasteiger partial charge is 0.262 e. The lowest BCUT2D eigenvalue weighted by atomic mass is 10.4. The van der Waals surface area contributed by atoms with Crippen LogP contribution >= 0.6 is 0 Å². The first-order valence-corrected chi connectivity index (χ1v) is 6.53. The van der Waals surface area contributed by atoms with Crippen LogP contribution in [0.2, 0.25) is 0 Å². The maximum atomic E-state index is 12.2. The van der Waals surface area contributed by atoms with Gasteiger partial charge in [-0.25, -0.2) is 13.4 Å². The number of rotatable bonds is 5. The second-order valence-electron chi connectivity index (χ2n) is 3.88. The van der Waals surface area contributed by atoms with Crippen LogP contribution in [0, 0.1) is 0 Å². The Bertz CT molecular complexity index is 438. The molecular formula is C9H18N4O2S. The molecule has 0 aliphatic heterocycles. The SMILES string of the molecule is CC(C)N(CCN)S(=O)(=O)c1cn(C)cn1. The van der Waals surface area contributed by atoms with E-state index in [9.17, 15) is 8.42 Å². The van der Waals surface area contributed by atoms with Crippen molar-refractivity contribution in [3.05, 3.63) is 12.5 Å². The Balaban J connectivity index is 3.08. The minimum absolute atomic E-state index is 0.0668. The zero-order valence-corrected chi connectivity index (χ0v) is 10.6. The molecule has 0 aliphatic rings. The van der Waals surface area contributed by atoms with Crippen LogP contribution < -0.4 is 5.73 Å².